The maximum Gasteiger partial charge on any atom is 0.150 e. The Hall–Kier alpha value is -0.0900. The van der Waals surface area contributed by atoms with E-state index in [4.69, 9.17) is 0 Å². The number of hydrogen-bond acceptors (Lipinski definition) is 3. The van der Waals surface area contributed by atoms with Gasteiger partial charge in [-0.25, -0.2) is 8.42 Å². The first-order valence-electron chi connectivity index (χ1n) is 7.52. The molecule has 0 aromatic rings. The summed E-state index contributed by atoms with van der Waals surface area (Å²) < 4.78 is 23.3. The van der Waals surface area contributed by atoms with E-state index in [1.54, 1.807) is 0 Å². The first-order valence-corrected chi connectivity index (χ1v) is 9.47. The molecule has 0 aliphatic heterocycles. The van der Waals surface area contributed by atoms with Crippen molar-refractivity contribution in [3.8, 4) is 0 Å². The highest BCUT2D eigenvalue weighted by Gasteiger charge is 2.29. The second-order valence-electron chi connectivity index (χ2n) is 7.46. The molecule has 3 unspecified atom stereocenters. The highest BCUT2D eigenvalue weighted by Crippen LogP contribution is 2.32. The zero-order valence-electron chi connectivity index (χ0n) is 13.2. The molecule has 0 radical (unpaired) electrons. The average molecular weight is 289 g/mol. The maximum atomic E-state index is 11.7. The summed E-state index contributed by atoms with van der Waals surface area (Å²) in [5, 5.41) is 3.45. The topological polar surface area (TPSA) is 46.2 Å². The van der Waals surface area contributed by atoms with E-state index in [0.717, 1.165) is 32.2 Å². The minimum absolute atomic E-state index is 0.0889. The van der Waals surface area contributed by atoms with Crippen LogP contribution in [0.3, 0.4) is 0 Å². The molecule has 1 saturated carbocycles. The molecular formula is C15H31NO2S. The predicted molar refractivity (Wildman–Crippen MR) is 82.1 cm³/mol. The number of nitrogens with one attached hydrogen (secondary N) is 1. The van der Waals surface area contributed by atoms with Crippen LogP contribution < -0.4 is 5.32 Å². The minimum Gasteiger partial charge on any atom is -0.312 e. The third kappa shape index (κ3) is 6.75. The lowest BCUT2D eigenvalue weighted by Gasteiger charge is -2.31. The molecule has 0 amide bonds. The van der Waals surface area contributed by atoms with Crippen LogP contribution in [0.2, 0.25) is 0 Å². The molecule has 1 aliphatic carbocycles. The van der Waals surface area contributed by atoms with E-state index in [1.165, 1.54) is 12.7 Å². The van der Waals surface area contributed by atoms with Crippen molar-refractivity contribution in [1.29, 1.82) is 0 Å². The van der Waals surface area contributed by atoms with E-state index in [2.05, 4.69) is 33.0 Å². The largest absolute Gasteiger partial charge is 0.312 e. The van der Waals surface area contributed by atoms with Crippen LogP contribution in [0.25, 0.3) is 0 Å². The molecule has 1 aliphatic rings. The second kappa shape index (κ2) is 6.57. The third-order valence-electron chi connectivity index (χ3n) is 4.06. The van der Waals surface area contributed by atoms with Crippen molar-refractivity contribution in [1.82, 2.24) is 5.32 Å². The van der Waals surface area contributed by atoms with Crippen LogP contribution in [0, 0.1) is 11.8 Å². The summed E-state index contributed by atoms with van der Waals surface area (Å²) >= 11 is 0. The fourth-order valence-electron chi connectivity index (χ4n) is 2.98. The molecule has 0 heterocycles. The van der Waals surface area contributed by atoms with E-state index in [-0.39, 0.29) is 10.8 Å². The molecule has 0 bridgehead atoms. The van der Waals surface area contributed by atoms with Crippen LogP contribution in [0.15, 0.2) is 0 Å². The van der Waals surface area contributed by atoms with Gasteiger partial charge in [-0.1, -0.05) is 19.8 Å². The fraction of sp³-hybridized carbons (Fsp3) is 1.00. The number of hydrogen-bond donors (Lipinski definition) is 1. The van der Waals surface area contributed by atoms with E-state index in [0.29, 0.717) is 11.8 Å². The zero-order valence-corrected chi connectivity index (χ0v) is 14.0. The van der Waals surface area contributed by atoms with Crippen molar-refractivity contribution in [3.05, 3.63) is 0 Å². The molecule has 3 nitrogen and oxygen atoms in total. The number of rotatable bonds is 5. The summed E-state index contributed by atoms with van der Waals surface area (Å²) in [6.07, 6.45) is 6.55. The Morgan fingerprint density at radius 1 is 1.26 bits per heavy atom. The van der Waals surface area contributed by atoms with E-state index in [9.17, 15) is 8.42 Å². The van der Waals surface area contributed by atoms with E-state index < -0.39 is 9.84 Å². The average Bonchev–Trinajstić information content (AvgIpc) is 2.25. The predicted octanol–water partition coefficient (Wildman–Crippen LogP) is 3.00. The summed E-state index contributed by atoms with van der Waals surface area (Å²) in [6, 6.07) is 0. The molecule has 3 atom stereocenters. The Balaban J connectivity index is 2.40. The quantitative estimate of drug-likeness (QED) is 0.846. The Labute approximate surface area is 119 Å². The normalized spacial score (nSPS) is 27.2. The smallest absolute Gasteiger partial charge is 0.150 e. The van der Waals surface area contributed by atoms with Crippen LogP contribution >= 0.6 is 0 Å². The standard InChI is InChI=1S/C15H31NO2S/c1-12(11-16-15(2,3)4)9-13-7-6-8-14(10-13)19(5,17)18/h12-14,16H,6-11H2,1-5H3. The van der Waals surface area contributed by atoms with Gasteiger partial charge in [-0.15, -0.1) is 0 Å². The zero-order chi connectivity index (χ0) is 14.7. The molecule has 4 heteroatoms. The molecule has 0 saturated heterocycles. The fourth-order valence-corrected chi connectivity index (χ4v) is 4.19. The van der Waals surface area contributed by atoms with Gasteiger partial charge in [0.05, 0.1) is 5.25 Å². The van der Waals surface area contributed by atoms with Gasteiger partial charge < -0.3 is 5.32 Å². The second-order valence-corrected chi connectivity index (χ2v) is 9.78. The lowest BCUT2D eigenvalue weighted by atomic mass is 9.83. The summed E-state index contributed by atoms with van der Waals surface area (Å²) in [4.78, 5) is 0. The molecule has 0 aromatic carbocycles. The van der Waals surface area contributed by atoms with Crippen LogP contribution in [-0.4, -0.2) is 32.0 Å². The van der Waals surface area contributed by atoms with Crippen molar-refractivity contribution in [3.63, 3.8) is 0 Å². The van der Waals surface area contributed by atoms with E-state index in [1.807, 2.05) is 0 Å². The van der Waals surface area contributed by atoms with Crippen molar-refractivity contribution >= 4 is 9.84 Å². The SMILES string of the molecule is CC(CNC(C)(C)C)CC1CCCC(S(C)(=O)=O)C1. The van der Waals surface area contributed by atoms with Gasteiger partial charge in [0.1, 0.15) is 9.84 Å². The lowest BCUT2D eigenvalue weighted by Crippen LogP contribution is -2.39. The summed E-state index contributed by atoms with van der Waals surface area (Å²) in [6.45, 7) is 9.83. The van der Waals surface area contributed by atoms with E-state index >= 15 is 0 Å². The highest BCUT2D eigenvalue weighted by atomic mass is 32.2. The Bertz CT molecular complexity index is 370. The van der Waals surface area contributed by atoms with Crippen molar-refractivity contribution < 1.29 is 8.42 Å². The van der Waals surface area contributed by atoms with Gasteiger partial charge in [-0.2, -0.15) is 0 Å². The Kier molecular flexibility index (Phi) is 5.87. The summed E-state index contributed by atoms with van der Waals surface area (Å²) in [5.74, 6) is 1.20. The van der Waals surface area contributed by atoms with Gasteiger partial charge in [0.25, 0.3) is 0 Å². The number of sulfone groups is 1. The van der Waals surface area contributed by atoms with Gasteiger partial charge in [-0.3, -0.25) is 0 Å². The first kappa shape index (κ1) is 17.0. The lowest BCUT2D eigenvalue weighted by molar-refractivity contribution is 0.279. The highest BCUT2D eigenvalue weighted by molar-refractivity contribution is 7.91. The molecule has 0 aromatic heterocycles. The monoisotopic (exact) mass is 289 g/mol. The first-order chi connectivity index (χ1) is 8.58. The van der Waals surface area contributed by atoms with Crippen molar-refractivity contribution in [2.24, 2.45) is 11.8 Å². The molecular weight excluding hydrogens is 258 g/mol. The van der Waals surface area contributed by atoms with Crippen LogP contribution in [0.5, 0.6) is 0 Å². The van der Waals surface area contributed by atoms with Crippen molar-refractivity contribution in [2.45, 2.75) is 70.6 Å². The molecule has 1 rings (SSSR count). The molecule has 0 spiro atoms. The summed E-state index contributed by atoms with van der Waals surface area (Å²) in [7, 11) is -2.85. The minimum atomic E-state index is -2.85. The Morgan fingerprint density at radius 2 is 1.89 bits per heavy atom. The molecule has 19 heavy (non-hydrogen) atoms. The molecule has 114 valence electrons. The van der Waals surface area contributed by atoms with Gasteiger partial charge >= 0.3 is 0 Å². The van der Waals surface area contributed by atoms with Crippen LogP contribution in [0.1, 0.15) is 59.8 Å². The van der Waals surface area contributed by atoms with Crippen LogP contribution in [-0.2, 0) is 9.84 Å². The Morgan fingerprint density at radius 3 is 2.42 bits per heavy atom. The van der Waals surface area contributed by atoms with Gasteiger partial charge in [0.15, 0.2) is 0 Å². The maximum absolute atomic E-state index is 11.7. The molecule has 1 N–H and O–H groups in total. The third-order valence-corrected chi connectivity index (χ3v) is 5.70. The van der Waals surface area contributed by atoms with Crippen molar-refractivity contribution in [2.75, 3.05) is 12.8 Å². The van der Waals surface area contributed by atoms with Crippen LogP contribution in [0.4, 0.5) is 0 Å². The van der Waals surface area contributed by atoms with Gasteiger partial charge in [0, 0.05) is 11.8 Å². The van der Waals surface area contributed by atoms with Gasteiger partial charge in [-0.05, 0) is 58.4 Å². The summed E-state index contributed by atoms with van der Waals surface area (Å²) in [5.41, 5.74) is 0.163. The van der Waals surface area contributed by atoms with Gasteiger partial charge in [0.2, 0.25) is 0 Å². The molecule has 1 fully saturated rings.